The molecule has 1 saturated heterocycles. The molecule has 6 nitrogen and oxygen atoms in total. The van der Waals surface area contributed by atoms with E-state index in [1.165, 1.54) is 12.1 Å². The number of rotatable bonds is 8. The third-order valence-corrected chi connectivity index (χ3v) is 6.46. The number of hydrogen-bond donors (Lipinski definition) is 2. The number of aliphatic hydroxyl groups excluding tert-OH is 1. The molecule has 9 heteroatoms. The number of pyridine rings is 1. The summed E-state index contributed by atoms with van der Waals surface area (Å²) < 4.78 is 18.9. The van der Waals surface area contributed by atoms with Crippen LogP contribution in [-0.4, -0.2) is 59.3 Å². The smallest absolute Gasteiger partial charge is 0.270 e. The summed E-state index contributed by atoms with van der Waals surface area (Å²) in [5.74, 6) is -0.395. The number of halogens is 3. The first kappa shape index (κ1) is 24.7. The first-order valence-corrected chi connectivity index (χ1v) is 12.0. The van der Waals surface area contributed by atoms with Gasteiger partial charge in [-0.25, -0.2) is 9.37 Å². The standard InChI is InChI=1S/C25H26Cl2FN3O3/c26-17-2-6-23-16(13-17)1-5-24(30-23)25(33)29-18-7-10-31(11-8-18)12-9-19(32)15-34-20-3-4-21(27)22(28)14-20/h1-6,13-14,18-19,32H,7-12,15H2,(H,29,33). The van der Waals surface area contributed by atoms with Crippen molar-refractivity contribution >= 4 is 40.0 Å². The van der Waals surface area contributed by atoms with Gasteiger partial charge in [0.1, 0.15) is 23.9 Å². The minimum atomic E-state index is -0.662. The summed E-state index contributed by atoms with van der Waals surface area (Å²) in [6, 6.07) is 13.2. The van der Waals surface area contributed by atoms with Gasteiger partial charge in [0.2, 0.25) is 0 Å². The first-order chi connectivity index (χ1) is 16.4. The minimum Gasteiger partial charge on any atom is -0.491 e. The van der Waals surface area contributed by atoms with Crippen LogP contribution in [0.3, 0.4) is 0 Å². The lowest BCUT2D eigenvalue weighted by atomic mass is 10.0. The van der Waals surface area contributed by atoms with Crippen molar-refractivity contribution in [3.8, 4) is 5.75 Å². The number of likely N-dealkylation sites (tertiary alicyclic amines) is 1. The zero-order valence-corrected chi connectivity index (χ0v) is 20.0. The Balaban J connectivity index is 1.18. The van der Waals surface area contributed by atoms with E-state index in [1.807, 2.05) is 12.1 Å². The van der Waals surface area contributed by atoms with E-state index in [0.717, 1.165) is 43.4 Å². The predicted molar refractivity (Wildman–Crippen MR) is 131 cm³/mol. The fraction of sp³-hybridized carbons (Fsp3) is 0.360. The molecule has 1 aliphatic heterocycles. The van der Waals surface area contributed by atoms with Crippen LogP contribution < -0.4 is 10.1 Å². The number of nitrogens with one attached hydrogen (secondary N) is 1. The second-order valence-electron chi connectivity index (χ2n) is 8.45. The molecule has 1 aromatic heterocycles. The van der Waals surface area contributed by atoms with Crippen molar-refractivity contribution < 1.29 is 19.0 Å². The van der Waals surface area contributed by atoms with Crippen molar-refractivity contribution in [3.05, 3.63) is 70.1 Å². The normalized spacial score (nSPS) is 15.9. The van der Waals surface area contributed by atoms with Crippen molar-refractivity contribution in [2.75, 3.05) is 26.2 Å². The van der Waals surface area contributed by atoms with Crippen molar-refractivity contribution in [1.29, 1.82) is 0 Å². The molecule has 2 N–H and O–H groups in total. The number of carbonyl (C=O) groups is 1. The summed E-state index contributed by atoms with van der Waals surface area (Å²) in [6.07, 6.45) is 1.53. The Labute approximate surface area is 207 Å². The fourth-order valence-electron chi connectivity index (χ4n) is 3.96. The van der Waals surface area contributed by atoms with Gasteiger partial charge in [0.15, 0.2) is 0 Å². The van der Waals surface area contributed by atoms with Crippen LogP contribution >= 0.6 is 23.2 Å². The third kappa shape index (κ3) is 6.57. The van der Waals surface area contributed by atoms with Gasteiger partial charge in [-0.1, -0.05) is 29.3 Å². The Morgan fingerprint density at radius 2 is 1.97 bits per heavy atom. The molecule has 180 valence electrons. The molecular formula is C25H26Cl2FN3O3. The number of aliphatic hydroxyl groups is 1. The molecule has 2 heterocycles. The van der Waals surface area contributed by atoms with Crippen molar-refractivity contribution in [2.45, 2.75) is 31.4 Å². The van der Waals surface area contributed by atoms with Crippen LogP contribution in [-0.2, 0) is 0 Å². The van der Waals surface area contributed by atoms with Gasteiger partial charge in [-0.3, -0.25) is 4.79 Å². The van der Waals surface area contributed by atoms with Crippen LogP contribution in [0.2, 0.25) is 10.0 Å². The molecule has 0 spiro atoms. The summed E-state index contributed by atoms with van der Waals surface area (Å²) in [7, 11) is 0. The number of nitrogens with zero attached hydrogens (tertiary/aromatic N) is 2. The van der Waals surface area contributed by atoms with E-state index in [2.05, 4.69) is 15.2 Å². The van der Waals surface area contributed by atoms with Crippen LogP contribution in [0.25, 0.3) is 10.9 Å². The number of hydrogen-bond acceptors (Lipinski definition) is 5. The van der Waals surface area contributed by atoms with Crippen molar-refractivity contribution in [2.24, 2.45) is 0 Å². The zero-order chi connectivity index (χ0) is 24.1. The Morgan fingerprint density at radius 3 is 2.74 bits per heavy atom. The summed E-state index contributed by atoms with van der Waals surface area (Å²) in [5, 5.41) is 14.9. The summed E-state index contributed by atoms with van der Waals surface area (Å²) in [5.41, 5.74) is 1.12. The summed E-state index contributed by atoms with van der Waals surface area (Å²) in [6.45, 7) is 2.45. The maximum absolute atomic E-state index is 13.5. The van der Waals surface area contributed by atoms with E-state index in [-0.39, 0.29) is 23.6 Å². The molecule has 2 aromatic carbocycles. The average Bonchev–Trinajstić information content (AvgIpc) is 2.84. The highest BCUT2D eigenvalue weighted by Gasteiger charge is 2.22. The van der Waals surface area contributed by atoms with E-state index in [0.29, 0.717) is 22.9 Å². The Morgan fingerprint density at radius 1 is 1.18 bits per heavy atom. The Bertz CT molecular complexity index is 1160. The number of benzene rings is 2. The number of amides is 1. The second-order valence-corrected chi connectivity index (χ2v) is 9.30. The number of carbonyl (C=O) groups excluding carboxylic acids is 1. The molecule has 1 amide bonds. The van der Waals surface area contributed by atoms with E-state index in [4.69, 9.17) is 27.9 Å². The number of piperidine rings is 1. The van der Waals surface area contributed by atoms with Gasteiger partial charge >= 0.3 is 0 Å². The molecule has 3 aromatic rings. The maximum Gasteiger partial charge on any atom is 0.270 e. The van der Waals surface area contributed by atoms with Gasteiger partial charge in [0.25, 0.3) is 5.91 Å². The predicted octanol–water partition coefficient (Wildman–Crippen LogP) is 4.70. The maximum atomic E-state index is 13.5. The highest BCUT2D eigenvalue weighted by Crippen LogP contribution is 2.21. The van der Waals surface area contributed by atoms with Gasteiger partial charge in [0, 0.05) is 42.2 Å². The van der Waals surface area contributed by atoms with Crippen LogP contribution in [0.1, 0.15) is 29.8 Å². The van der Waals surface area contributed by atoms with Crippen LogP contribution in [0.15, 0.2) is 48.5 Å². The SMILES string of the molecule is O=C(NC1CCN(CCC(O)COc2ccc(Cl)c(F)c2)CC1)c1ccc2cc(Cl)ccc2n1. The lowest BCUT2D eigenvalue weighted by Crippen LogP contribution is -2.45. The number of aromatic nitrogens is 1. The molecule has 0 radical (unpaired) electrons. The number of fused-ring (bicyclic) bond motifs is 1. The fourth-order valence-corrected chi connectivity index (χ4v) is 4.26. The van der Waals surface area contributed by atoms with Gasteiger partial charge in [-0.05, 0) is 55.7 Å². The summed E-state index contributed by atoms with van der Waals surface area (Å²) >= 11 is 11.7. The molecule has 0 saturated carbocycles. The van der Waals surface area contributed by atoms with Gasteiger partial charge in [0.05, 0.1) is 16.6 Å². The van der Waals surface area contributed by atoms with E-state index >= 15 is 0 Å². The Hall–Kier alpha value is -2.45. The molecule has 1 fully saturated rings. The lowest BCUT2D eigenvalue weighted by molar-refractivity contribution is 0.0797. The van der Waals surface area contributed by atoms with E-state index in [9.17, 15) is 14.3 Å². The highest BCUT2D eigenvalue weighted by molar-refractivity contribution is 6.31. The first-order valence-electron chi connectivity index (χ1n) is 11.2. The zero-order valence-electron chi connectivity index (χ0n) is 18.5. The lowest BCUT2D eigenvalue weighted by Gasteiger charge is -2.32. The van der Waals surface area contributed by atoms with Crippen molar-refractivity contribution in [3.63, 3.8) is 0 Å². The molecular weight excluding hydrogens is 480 g/mol. The van der Waals surface area contributed by atoms with Crippen LogP contribution in [0.4, 0.5) is 4.39 Å². The quantitative estimate of drug-likeness (QED) is 0.463. The molecule has 4 rings (SSSR count). The molecule has 1 aliphatic rings. The molecule has 34 heavy (non-hydrogen) atoms. The third-order valence-electron chi connectivity index (χ3n) is 5.92. The van der Waals surface area contributed by atoms with Gasteiger partial charge < -0.3 is 20.1 Å². The average molecular weight is 506 g/mol. The van der Waals surface area contributed by atoms with Crippen LogP contribution in [0.5, 0.6) is 5.75 Å². The summed E-state index contributed by atoms with van der Waals surface area (Å²) in [4.78, 5) is 19.4. The molecule has 0 bridgehead atoms. The monoisotopic (exact) mass is 505 g/mol. The number of ether oxygens (including phenoxy) is 1. The van der Waals surface area contributed by atoms with Crippen molar-refractivity contribution in [1.82, 2.24) is 15.2 Å². The van der Waals surface area contributed by atoms with Gasteiger partial charge in [-0.15, -0.1) is 0 Å². The minimum absolute atomic E-state index is 0.0337. The Kier molecular flexibility index (Phi) is 8.21. The van der Waals surface area contributed by atoms with Gasteiger partial charge in [-0.2, -0.15) is 0 Å². The largest absolute Gasteiger partial charge is 0.491 e. The highest BCUT2D eigenvalue weighted by atomic mass is 35.5. The molecule has 1 atom stereocenters. The molecule has 1 unspecified atom stereocenters. The second kappa shape index (κ2) is 11.3. The van der Waals surface area contributed by atoms with E-state index in [1.54, 1.807) is 24.3 Å². The van der Waals surface area contributed by atoms with E-state index < -0.39 is 11.9 Å². The molecule has 0 aliphatic carbocycles. The van der Waals surface area contributed by atoms with Crippen LogP contribution in [0, 0.1) is 5.82 Å². The topological polar surface area (TPSA) is 74.7 Å².